The topological polar surface area (TPSA) is 12.0 Å². The summed E-state index contributed by atoms with van der Waals surface area (Å²) in [5, 5.41) is 4.46. The summed E-state index contributed by atoms with van der Waals surface area (Å²) in [6.45, 7) is 2.35. The average molecular weight is 236 g/mol. The number of halogens is 1. The summed E-state index contributed by atoms with van der Waals surface area (Å²) < 4.78 is 0. The quantitative estimate of drug-likeness (QED) is 0.829. The van der Waals surface area contributed by atoms with Crippen LogP contribution < -0.4 is 5.32 Å². The van der Waals surface area contributed by atoms with Crippen LogP contribution in [0.2, 0.25) is 5.02 Å². The first kappa shape index (κ1) is 10.6. The summed E-state index contributed by atoms with van der Waals surface area (Å²) >= 11 is 6.38. The highest BCUT2D eigenvalue weighted by Gasteiger charge is 2.46. The van der Waals surface area contributed by atoms with Gasteiger partial charge in [-0.3, -0.25) is 0 Å². The van der Waals surface area contributed by atoms with Crippen molar-refractivity contribution in [3.63, 3.8) is 0 Å². The third-order valence-corrected chi connectivity index (χ3v) is 4.83. The van der Waals surface area contributed by atoms with Crippen molar-refractivity contribution in [1.29, 1.82) is 0 Å². The summed E-state index contributed by atoms with van der Waals surface area (Å²) in [7, 11) is 0. The zero-order valence-electron chi connectivity index (χ0n) is 9.51. The molecule has 0 radical (unpaired) electrons. The van der Waals surface area contributed by atoms with Gasteiger partial charge in [0.15, 0.2) is 0 Å². The summed E-state index contributed by atoms with van der Waals surface area (Å²) in [5.41, 5.74) is 1.79. The normalized spacial score (nSPS) is 27.7. The molecule has 1 aliphatic heterocycles. The number of hydrogen-bond acceptors (Lipinski definition) is 1. The van der Waals surface area contributed by atoms with Crippen molar-refractivity contribution in [2.24, 2.45) is 5.92 Å². The Morgan fingerprint density at radius 1 is 1.25 bits per heavy atom. The molecule has 16 heavy (non-hydrogen) atoms. The number of benzene rings is 1. The van der Waals surface area contributed by atoms with Crippen LogP contribution in [0.3, 0.4) is 0 Å². The maximum atomic E-state index is 6.38. The van der Waals surface area contributed by atoms with Gasteiger partial charge in [-0.15, -0.1) is 0 Å². The Balaban J connectivity index is 1.98. The van der Waals surface area contributed by atoms with E-state index in [2.05, 4.69) is 17.4 Å². The summed E-state index contributed by atoms with van der Waals surface area (Å²) in [6.07, 6.45) is 5.32. The Labute approximate surface area is 102 Å². The maximum Gasteiger partial charge on any atom is 0.0443 e. The standard InChI is InChI=1S/C14H18ClN/c15-13-5-2-1-4-12(13)14(7-3-8-14)11-6-9-16-10-11/h1-2,4-5,11,16H,3,6-10H2. The lowest BCUT2D eigenvalue weighted by molar-refractivity contribution is 0.157. The van der Waals surface area contributed by atoms with Gasteiger partial charge >= 0.3 is 0 Å². The van der Waals surface area contributed by atoms with Gasteiger partial charge in [-0.25, -0.2) is 0 Å². The second-order valence-corrected chi connectivity index (χ2v) is 5.59. The molecule has 1 saturated carbocycles. The largest absolute Gasteiger partial charge is 0.316 e. The van der Waals surface area contributed by atoms with E-state index in [-0.39, 0.29) is 0 Å². The molecular formula is C14H18ClN. The van der Waals surface area contributed by atoms with E-state index in [0.29, 0.717) is 5.41 Å². The van der Waals surface area contributed by atoms with Gasteiger partial charge in [0, 0.05) is 10.4 Å². The Bertz CT molecular complexity index is 378. The zero-order chi connectivity index (χ0) is 11.0. The molecule has 1 nitrogen and oxygen atoms in total. The number of nitrogens with one attached hydrogen (secondary N) is 1. The summed E-state index contributed by atoms with van der Waals surface area (Å²) in [4.78, 5) is 0. The molecule has 3 rings (SSSR count). The predicted molar refractivity (Wildman–Crippen MR) is 68.0 cm³/mol. The fourth-order valence-corrected chi connectivity index (χ4v) is 3.77. The van der Waals surface area contributed by atoms with Crippen molar-refractivity contribution in [3.8, 4) is 0 Å². The van der Waals surface area contributed by atoms with Gasteiger partial charge in [-0.2, -0.15) is 0 Å². The monoisotopic (exact) mass is 235 g/mol. The van der Waals surface area contributed by atoms with Crippen molar-refractivity contribution in [2.45, 2.75) is 31.1 Å². The van der Waals surface area contributed by atoms with E-state index in [1.807, 2.05) is 12.1 Å². The van der Waals surface area contributed by atoms with Crippen LogP contribution in [0.1, 0.15) is 31.2 Å². The zero-order valence-corrected chi connectivity index (χ0v) is 10.3. The lowest BCUT2D eigenvalue weighted by Crippen LogP contribution is -2.43. The van der Waals surface area contributed by atoms with Gasteiger partial charge in [0.05, 0.1) is 0 Å². The predicted octanol–water partition coefficient (Wildman–Crippen LogP) is 3.37. The molecule has 0 bridgehead atoms. The van der Waals surface area contributed by atoms with Crippen LogP contribution in [-0.2, 0) is 5.41 Å². The van der Waals surface area contributed by atoms with E-state index in [1.54, 1.807) is 0 Å². The van der Waals surface area contributed by atoms with Crippen molar-refractivity contribution in [3.05, 3.63) is 34.9 Å². The Hall–Kier alpha value is -0.530. The minimum Gasteiger partial charge on any atom is -0.316 e. The van der Waals surface area contributed by atoms with E-state index >= 15 is 0 Å². The van der Waals surface area contributed by atoms with Crippen LogP contribution in [0.5, 0.6) is 0 Å². The van der Waals surface area contributed by atoms with E-state index in [1.165, 1.54) is 44.3 Å². The van der Waals surface area contributed by atoms with Gasteiger partial charge in [-0.05, 0) is 49.9 Å². The molecule has 1 saturated heterocycles. The minimum atomic E-state index is 0.391. The van der Waals surface area contributed by atoms with Crippen molar-refractivity contribution < 1.29 is 0 Å². The van der Waals surface area contributed by atoms with Gasteiger partial charge in [0.2, 0.25) is 0 Å². The van der Waals surface area contributed by atoms with Crippen molar-refractivity contribution in [1.82, 2.24) is 5.32 Å². The fraction of sp³-hybridized carbons (Fsp3) is 0.571. The highest BCUT2D eigenvalue weighted by atomic mass is 35.5. The van der Waals surface area contributed by atoms with Crippen molar-refractivity contribution >= 4 is 11.6 Å². The summed E-state index contributed by atoms with van der Waals surface area (Å²) in [5.74, 6) is 0.793. The van der Waals surface area contributed by atoms with Gasteiger partial charge in [-0.1, -0.05) is 36.2 Å². The first-order chi connectivity index (χ1) is 7.83. The van der Waals surface area contributed by atoms with E-state index in [9.17, 15) is 0 Å². The van der Waals surface area contributed by atoms with Gasteiger partial charge < -0.3 is 5.32 Å². The molecule has 0 amide bonds. The molecule has 2 heteroatoms. The van der Waals surface area contributed by atoms with E-state index in [4.69, 9.17) is 11.6 Å². The van der Waals surface area contributed by atoms with Gasteiger partial charge in [0.1, 0.15) is 0 Å². The molecule has 1 heterocycles. The first-order valence-electron chi connectivity index (χ1n) is 6.29. The molecule has 86 valence electrons. The lowest BCUT2D eigenvalue weighted by atomic mass is 9.57. The van der Waals surface area contributed by atoms with Crippen LogP contribution >= 0.6 is 11.6 Å². The maximum absolute atomic E-state index is 6.38. The first-order valence-corrected chi connectivity index (χ1v) is 6.66. The molecule has 0 spiro atoms. The molecule has 2 aliphatic rings. The minimum absolute atomic E-state index is 0.391. The third-order valence-electron chi connectivity index (χ3n) is 4.50. The van der Waals surface area contributed by atoms with Gasteiger partial charge in [0.25, 0.3) is 0 Å². The molecule has 1 unspecified atom stereocenters. The van der Waals surface area contributed by atoms with Crippen molar-refractivity contribution in [2.75, 3.05) is 13.1 Å². The van der Waals surface area contributed by atoms with Crippen LogP contribution in [0.25, 0.3) is 0 Å². The molecular weight excluding hydrogens is 218 g/mol. The van der Waals surface area contributed by atoms with E-state index in [0.717, 1.165) is 10.9 Å². The van der Waals surface area contributed by atoms with Crippen LogP contribution in [0.4, 0.5) is 0 Å². The average Bonchev–Trinajstić information content (AvgIpc) is 2.73. The molecule has 1 N–H and O–H groups in total. The second kappa shape index (κ2) is 4.05. The van der Waals surface area contributed by atoms with Crippen LogP contribution in [-0.4, -0.2) is 13.1 Å². The Morgan fingerprint density at radius 2 is 2.06 bits per heavy atom. The molecule has 1 atom stereocenters. The second-order valence-electron chi connectivity index (χ2n) is 5.18. The van der Waals surface area contributed by atoms with Crippen LogP contribution in [0.15, 0.2) is 24.3 Å². The number of hydrogen-bond donors (Lipinski definition) is 1. The Morgan fingerprint density at radius 3 is 2.62 bits per heavy atom. The summed E-state index contributed by atoms with van der Waals surface area (Å²) in [6, 6.07) is 8.44. The highest BCUT2D eigenvalue weighted by molar-refractivity contribution is 6.31. The molecule has 2 fully saturated rings. The lowest BCUT2D eigenvalue weighted by Gasteiger charge is -2.47. The SMILES string of the molecule is Clc1ccccc1C1(C2CCNC2)CCC1. The smallest absolute Gasteiger partial charge is 0.0443 e. The Kier molecular flexibility index (Phi) is 2.68. The molecule has 0 aromatic heterocycles. The highest BCUT2D eigenvalue weighted by Crippen LogP contribution is 2.52. The van der Waals surface area contributed by atoms with Crippen LogP contribution in [0, 0.1) is 5.92 Å². The third kappa shape index (κ3) is 1.49. The number of rotatable bonds is 2. The molecule has 1 aliphatic carbocycles. The molecule has 1 aromatic rings. The van der Waals surface area contributed by atoms with E-state index < -0.39 is 0 Å². The fourth-order valence-electron chi connectivity index (χ4n) is 3.45. The molecule has 1 aromatic carbocycles.